The Bertz CT molecular complexity index is 320. The van der Waals surface area contributed by atoms with Gasteiger partial charge in [-0.3, -0.25) is 0 Å². The van der Waals surface area contributed by atoms with E-state index in [9.17, 15) is 0 Å². The van der Waals surface area contributed by atoms with E-state index in [-0.39, 0.29) is 0 Å². The summed E-state index contributed by atoms with van der Waals surface area (Å²) >= 11 is 0. The van der Waals surface area contributed by atoms with Gasteiger partial charge in [0.15, 0.2) is 0 Å². The molecule has 0 aromatic rings. The van der Waals surface area contributed by atoms with Crippen LogP contribution >= 0.6 is 0 Å². The smallest absolute Gasteiger partial charge is 0.0213 e. The van der Waals surface area contributed by atoms with Gasteiger partial charge in [0.25, 0.3) is 0 Å². The standard InChI is InChI=1S/C27H50/c1-2-3-4-5-6-16-23-27(24-17-10-7-11-18-24,25-19-12-8-13-20-25)26-21-14-9-15-22-26/h24-26H,2-23H2,1H3. The van der Waals surface area contributed by atoms with Crippen LogP contribution in [0.5, 0.6) is 0 Å². The molecule has 27 heavy (non-hydrogen) atoms. The molecule has 0 aliphatic heterocycles. The van der Waals surface area contributed by atoms with Crippen molar-refractivity contribution in [2.45, 2.75) is 148 Å². The largest absolute Gasteiger partial charge is 0.0654 e. The molecule has 158 valence electrons. The van der Waals surface area contributed by atoms with E-state index in [2.05, 4.69) is 6.92 Å². The van der Waals surface area contributed by atoms with E-state index in [4.69, 9.17) is 0 Å². The lowest BCUT2D eigenvalue weighted by Crippen LogP contribution is -2.47. The quantitative estimate of drug-likeness (QED) is 0.334. The van der Waals surface area contributed by atoms with Crippen molar-refractivity contribution in [2.75, 3.05) is 0 Å². The van der Waals surface area contributed by atoms with Crippen LogP contribution in [0.2, 0.25) is 0 Å². The summed E-state index contributed by atoms with van der Waals surface area (Å²) in [7, 11) is 0. The molecule has 0 N–H and O–H groups in total. The van der Waals surface area contributed by atoms with Gasteiger partial charge in [0.2, 0.25) is 0 Å². The molecule has 0 amide bonds. The van der Waals surface area contributed by atoms with Crippen LogP contribution in [-0.4, -0.2) is 0 Å². The summed E-state index contributed by atoms with van der Waals surface area (Å²) in [4.78, 5) is 0. The Labute approximate surface area is 171 Å². The van der Waals surface area contributed by atoms with Crippen LogP contribution < -0.4 is 0 Å². The molecular weight excluding hydrogens is 324 g/mol. The fourth-order valence-corrected chi connectivity index (χ4v) is 7.74. The van der Waals surface area contributed by atoms with Crippen molar-refractivity contribution in [1.29, 1.82) is 0 Å². The molecule has 0 heterocycles. The van der Waals surface area contributed by atoms with E-state index in [1.807, 2.05) is 0 Å². The van der Waals surface area contributed by atoms with Gasteiger partial charge in [-0.05, 0) is 68.1 Å². The van der Waals surface area contributed by atoms with E-state index in [1.165, 1.54) is 51.4 Å². The first-order valence-electron chi connectivity index (χ1n) is 13.4. The first kappa shape index (κ1) is 21.7. The highest BCUT2D eigenvalue weighted by Gasteiger charge is 2.49. The Kier molecular flexibility index (Phi) is 9.54. The molecule has 3 fully saturated rings. The second kappa shape index (κ2) is 11.9. The monoisotopic (exact) mass is 374 g/mol. The molecule has 3 saturated carbocycles. The van der Waals surface area contributed by atoms with Gasteiger partial charge < -0.3 is 0 Å². The highest BCUT2D eigenvalue weighted by atomic mass is 14.5. The molecular formula is C27H50. The summed E-state index contributed by atoms with van der Waals surface area (Å²) in [5.41, 5.74) is 0.756. The predicted octanol–water partition coefficient (Wildman–Crippen LogP) is 9.46. The molecule has 0 saturated heterocycles. The Morgan fingerprint density at radius 2 is 0.852 bits per heavy atom. The molecule has 3 aliphatic carbocycles. The highest BCUT2D eigenvalue weighted by Crippen LogP contribution is 2.59. The van der Waals surface area contributed by atoms with Crippen molar-refractivity contribution >= 4 is 0 Å². The molecule has 0 nitrogen and oxygen atoms in total. The van der Waals surface area contributed by atoms with Crippen LogP contribution in [0.25, 0.3) is 0 Å². The van der Waals surface area contributed by atoms with Gasteiger partial charge in [0, 0.05) is 0 Å². The van der Waals surface area contributed by atoms with E-state index in [0.717, 1.165) is 23.2 Å². The van der Waals surface area contributed by atoms with Crippen molar-refractivity contribution in [1.82, 2.24) is 0 Å². The summed E-state index contributed by atoms with van der Waals surface area (Å²) in [5.74, 6) is 3.27. The zero-order valence-corrected chi connectivity index (χ0v) is 18.8. The first-order valence-corrected chi connectivity index (χ1v) is 13.4. The molecule has 3 aliphatic rings. The average Bonchev–Trinajstić information content (AvgIpc) is 2.75. The summed E-state index contributed by atoms with van der Waals surface area (Å²) in [6.45, 7) is 2.35. The maximum atomic E-state index is 2.35. The minimum atomic E-state index is 0.756. The molecule has 0 aromatic carbocycles. The van der Waals surface area contributed by atoms with Gasteiger partial charge in [0.1, 0.15) is 0 Å². The van der Waals surface area contributed by atoms with Crippen LogP contribution in [0.4, 0.5) is 0 Å². The Morgan fingerprint density at radius 3 is 1.26 bits per heavy atom. The fourth-order valence-electron chi connectivity index (χ4n) is 7.74. The maximum absolute atomic E-state index is 2.35. The van der Waals surface area contributed by atoms with E-state index >= 15 is 0 Å². The SMILES string of the molecule is CCCCCCCCC(C1CCCCC1)(C1CCCCC1)C1CCCCC1. The molecule has 0 aromatic heterocycles. The molecule has 0 unspecified atom stereocenters. The van der Waals surface area contributed by atoms with Crippen molar-refractivity contribution in [3.05, 3.63) is 0 Å². The maximum Gasteiger partial charge on any atom is -0.0213 e. The van der Waals surface area contributed by atoms with Gasteiger partial charge in [-0.25, -0.2) is 0 Å². The van der Waals surface area contributed by atoms with Crippen LogP contribution in [0, 0.1) is 23.2 Å². The van der Waals surface area contributed by atoms with E-state index in [0.29, 0.717) is 0 Å². The van der Waals surface area contributed by atoms with Crippen molar-refractivity contribution in [3.63, 3.8) is 0 Å². The topological polar surface area (TPSA) is 0 Å². The molecule has 3 rings (SSSR count). The van der Waals surface area contributed by atoms with Crippen LogP contribution in [-0.2, 0) is 0 Å². The number of rotatable bonds is 10. The van der Waals surface area contributed by atoms with Crippen LogP contribution in [0.3, 0.4) is 0 Å². The van der Waals surface area contributed by atoms with Crippen molar-refractivity contribution in [2.24, 2.45) is 23.2 Å². The van der Waals surface area contributed by atoms with Gasteiger partial charge in [-0.1, -0.05) is 103 Å². The molecule has 0 heteroatoms. The summed E-state index contributed by atoms with van der Waals surface area (Å²) in [5, 5.41) is 0. The van der Waals surface area contributed by atoms with Crippen LogP contribution in [0.15, 0.2) is 0 Å². The molecule has 0 radical (unpaired) electrons. The second-order valence-corrected chi connectivity index (χ2v) is 10.6. The summed E-state index contributed by atoms with van der Waals surface area (Å²) < 4.78 is 0. The molecule has 0 bridgehead atoms. The Balaban J connectivity index is 1.74. The van der Waals surface area contributed by atoms with Crippen molar-refractivity contribution < 1.29 is 0 Å². The summed E-state index contributed by atoms with van der Waals surface area (Å²) in [6, 6.07) is 0. The average molecular weight is 375 g/mol. The Morgan fingerprint density at radius 1 is 0.481 bits per heavy atom. The summed E-state index contributed by atoms with van der Waals surface area (Å²) in [6.07, 6.45) is 33.9. The normalized spacial score (nSPS) is 24.3. The lowest BCUT2D eigenvalue weighted by atomic mass is 9.50. The highest BCUT2D eigenvalue weighted by molar-refractivity contribution is 4.99. The second-order valence-electron chi connectivity index (χ2n) is 10.6. The van der Waals surface area contributed by atoms with Gasteiger partial charge in [-0.2, -0.15) is 0 Å². The minimum Gasteiger partial charge on any atom is -0.0654 e. The lowest BCUT2D eigenvalue weighted by Gasteiger charge is -2.55. The fraction of sp³-hybridized carbons (Fsp3) is 1.00. The van der Waals surface area contributed by atoms with E-state index < -0.39 is 0 Å². The lowest BCUT2D eigenvalue weighted by molar-refractivity contribution is -0.0571. The first-order chi connectivity index (χ1) is 13.4. The van der Waals surface area contributed by atoms with Crippen LogP contribution in [0.1, 0.15) is 148 Å². The number of hydrogen-bond acceptors (Lipinski definition) is 0. The van der Waals surface area contributed by atoms with Gasteiger partial charge in [0.05, 0.1) is 0 Å². The third-order valence-electron chi connectivity index (χ3n) is 9.06. The zero-order chi connectivity index (χ0) is 18.8. The number of hydrogen-bond donors (Lipinski definition) is 0. The van der Waals surface area contributed by atoms with Gasteiger partial charge in [-0.15, -0.1) is 0 Å². The molecule has 0 atom stereocenters. The minimum absolute atomic E-state index is 0.756. The third-order valence-corrected chi connectivity index (χ3v) is 9.06. The third kappa shape index (κ3) is 5.76. The zero-order valence-electron chi connectivity index (χ0n) is 18.8. The van der Waals surface area contributed by atoms with E-state index in [1.54, 1.807) is 89.9 Å². The molecule has 0 spiro atoms. The van der Waals surface area contributed by atoms with Gasteiger partial charge >= 0.3 is 0 Å². The van der Waals surface area contributed by atoms with Crippen molar-refractivity contribution in [3.8, 4) is 0 Å². The predicted molar refractivity (Wildman–Crippen MR) is 120 cm³/mol. The Hall–Kier alpha value is 0. The number of unbranched alkanes of at least 4 members (excludes halogenated alkanes) is 5.